The van der Waals surface area contributed by atoms with Gasteiger partial charge in [-0.05, 0) is 12.0 Å². The van der Waals surface area contributed by atoms with Crippen molar-refractivity contribution in [3.63, 3.8) is 0 Å². The van der Waals surface area contributed by atoms with Crippen LogP contribution in [0.25, 0.3) is 0 Å². The van der Waals surface area contributed by atoms with E-state index in [1.165, 1.54) is 14.2 Å². The molecule has 0 fully saturated rings. The van der Waals surface area contributed by atoms with Crippen molar-refractivity contribution in [2.75, 3.05) is 14.2 Å². The van der Waals surface area contributed by atoms with Crippen LogP contribution < -0.4 is 5.32 Å². The predicted molar refractivity (Wildman–Crippen MR) is 75.0 cm³/mol. The zero-order valence-corrected chi connectivity index (χ0v) is 11.7. The highest BCUT2D eigenvalue weighted by atomic mass is 16.5. The molecule has 0 saturated carbocycles. The topological polar surface area (TPSA) is 64.6 Å². The molecule has 1 aromatic carbocycles. The fourth-order valence-corrected chi connectivity index (χ4v) is 1.79. The summed E-state index contributed by atoms with van der Waals surface area (Å²) >= 11 is 0. The van der Waals surface area contributed by atoms with Crippen molar-refractivity contribution in [2.45, 2.75) is 18.6 Å². The first-order valence-corrected chi connectivity index (χ1v) is 6.20. The van der Waals surface area contributed by atoms with Gasteiger partial charge in [0.2, 0.25) is 0 Å². The molecule has 108 valence electrons. The first kappa shape index (κ1) is 15.9. The first-order valence-electron chi connectivity index (χ1n) is 6.20. The van der Waals surface area contributed by atoms with Gasteiger partial charge in [-0.15, -0.1) is 6.58 Å². The van der Waals surface area contributed by atoms with E-state index < -0.39 is 24.0 Å². The molecule has 5 heteroatoms. The largest absolute Gasteiger partial charge is 0.467 e. The normalized spacial score (nSPS) is 13.1. The van der Waals surface area contributed by atoms with Crippen LogP contribution in [0.2, 0.25) is 0 Å². The van der Waals surface area contributed by atoms with Gasteiger partial charge in [0.05, 0.1) is 7.11 Å². The Morgan fingerprint density at radius 2 is 1.95 bits per heavy atom. The van der Waals surface area contributed by atoms with Crippen LogP contribution in [0.5, 0.6) is 0 Å². The summed E-state index contributed by atoms with van der Waals surface area (Å²) in [6.07, 6.45) is 1.07. The van der Waals surface area contributed by atoms with E-state index in [0.717, 1.165) is 5.56 Å². The smallest absolute Gasteiger partial charge is 0.328 e. The SMILES string of the molecule is C=CC[C@@H](NC(=O)[C@@H](OC)c1ccccc1)C(=O)OC. The number of carbonyl (C=O) groups is 2. The lowest BCUT2D eigenvalue weighted by atomic mass is 10.1. The van der Waals surface area contributed by atoms with Crippen LogP contribution in [0.4, 0.5) is 0 Å². The van der Waals surface area contributed by atoms with Gasteiger partial charge in [-0.3, -0.25) is 4.79 Å². The second-order valence-electron chi connectivity index (χ2n) is 4.14. The summed E-state index contributed by atoms with van der Waals surface area (Å²) < 4.78 is 9.84. The molecule has 0 aliphatic carbocycles. The molecule has 0 heterocycles. The van der Waals surface area contributed by atoms with Crippen LogP contribution in [-0.2, 0) is 19.1 Å². The summed E-state index contributed by atoms with van der Waals surface area (Å²) in [6, 6.07) is 8.30. The Bertz CT molecular complexity index is 458. The second-order valence-corrected chi connectivity index (χ2v) is 4.14. The van der Waals surface area contributed by atoms with E-state index in [0.29, 0.717) is 6.42 Å². The first-order chi connectivity index (χ1) is 9.63. The zero-order chi connectivity index (χ0) is 15.0. The van der Waals surface area contributed by atoms with E-state index in [2.05, 4.69) is 16.6 Å². The maximum atomic E-state index is 12.2. The Hall–Kier alpha value is -2.14. The molecule has 0 unspecified atom stereocenters. The molecule has 0 bridgehead atoms. The Kier molecular flexibility index (Phi) is 6.46. The average Bonchev–Trinajstić information content (AvgIpc) is 2.48. The van der Waals surface area contributed by atoms with Crippen molar-refractivity contribution in [2.24, 2.45) is 0 Å². The molecule has 5 nitrogen and oxygen atoms in total. The Morgan fingerprint density at radius 3 is 2.45 bits per heavy atom. The van der Waals surface area contributed by atoms with Crippen LogP contribution in [-0.4, -0.2) is 32.1 Å². The minimum atomic E-state index is -0.770. The van der Waals surface area contributed by atoms with E-state index in [4.69, 9.17) is 4.74 Å². The molecular weight excluding hydrogens is 258 g/mol. The third-order valence-electron chi connectivity index (χ3n) is 2.78. The summed E-state index contributed by atoms with van der Waals surface area (Å²) in [6.45, 7) is 3.56. The van der Waals surface area contributed by atoms with Crippen LogP contribution in [0.15, 0.2) is 43.0 Å². The number of esters is 1. The highest BCUT2D eigenvalue weighted by molar-refractivity contribution is 5.87. The molecule has 0 saturated heterocycles. The molecule has 0 aromatic heterocycles. The van der Waals surface area contributed by atoms with Crippen molar-refractivity contribution in [3.8, 4) is 0 Å². The number of ether oxygens (including phenoxy) is 2. The molecule has 1 N–H and O–H groups in total. The minimum Gasteiger partial charge on any atom is -0.467 e. The van der Waals surface area contributed by atoms with Crippen molar-refractivity contribution in [3.05, 3.63) is 48.6 Å². The fraction of sp³-hybridized carbons (Fsp3) is 0.333. The second kappa shape index (κ2) is 8.12. The van der Waals surface area contributed by atoms with E-state index in [1.807, 2.05) is 18.2 Å². The van der Waals surface area contributed by atoms with E-state index in [-0.39, 0.29) is 0 Å². The molecule has 1 rings (SSSR count). The Balaban J connectivity index is 2.80. The van der Waals surface area contributed by atoms with Crippen LogP contribution >= 0.6 is 0 Å². The molecule has 1 aromatic rings. The quantitative estimate of drug-likeness (QED) is 0.607. The molecule has 2 atom stereocenters. The Labute approximate surface area is 118 Å². The summed E-state index contributed by atoms with van der Waals surface area (Å²) in [4.78, 5) is 23.8. The van der Waals surface area contributed by atoms with E-state index in [1.54, 1.807) is 18.2 Å². The average molecular weight is 277 g/mol. The van der Waals surface area contributed by atoms with Crippen molar-refractivity contribution < 1.29 is 19.1 Å². The van der Waals surface area contributed by atoms with Crippen LogP contribution in [0.3, 0.4) is 0 Å². The molecule has 0 radical (unpaired) electrons. The van der Waals surface area contributed by atoms with Crippen molar-refractivity contribution in [1.29, 1.82) is 0 Å². The molecule has 0 spiro atoms. The number of amides is 1. The monoisotopic (exact) mass is 277 g/mol. The number of hydrogen-bond acceptors (Lipinski definition) is 4. The molecular formula is C15H19NO4. The summed E-state index contributed by atoms with van der Waals surface area (Å²) in [5.74, 6) is -0.905. The molecule has 20 heavy (non-hydrogen) atoms. The zero-order valence-electron chi connectivity index (χ0n) is 11.7. The van der Waals surface area contributed by atoms with Crippen molar-refractivity contribution in [1.82, 2.24) is 5.32 Å². The van der Waals surface area contributed by atoms with Gasteiger partial charge in [-0.1, -0.05) is 36.4 Å². The number of methoxy groups -OCH3 is 2. The number of nitrogens with one attached hydrogen (secondary N) is 1. The number of carbonyl (C=O) groups excluding carboxylic acids is 2. The maximum Gasteiger partial charge on any atom is 0.328 e. The minimum absolute atomic E-state index is 0.295. The lowest BCUT2D eigenvalue weighted by Gasteiger charge is -2.20. The molecule has 0 aliphatic rings. The molecule has 1 amide bonds. The van der Waals surface area contributed by atoms with Gasteiger partial charge in [0.1, 0.15) is 6.04 Å². The van der Waals surface area contributed by atoms with E-state index >= 15 is 0 Å². The van der Waals surface area contributed by atoms with Gasteiger partial charge in [0.15, 0.2) is 6.10 Å². The van der Waals surface area contributed by atoms with Gasteiger partial charge in [-0.25, -0.2) is 4.79 Å². The number of benzene rings is 1. The van der Waals surface area contributed by atoms with Crippen molar-refractivity contribution >= 4 is 11.9 Å². The summed E-state index contributed by atoms with van der Waals surface area (Å²) in [5, 5.41) is 2.61. The van der Waals surface area contributed by atoms with Gasteiger partial charge in [0.25, 0.3) is 5.91 Å². The standard InChI is InChI=1S/C15H19NO4/c1-4-8-12(15(18)20-3)16-14(17)13(19-2)11-9-6-5-7-10-11/h4-7,9-10,12-13H,1,8H2,2-3H3,(H,16,17)/t12-,13+/m1/s1. The summed E-state index contributed by atoms with van der Waals surface area (Å²) in [7, 11) is 2.72. The Morgan fingerprint density at radius 1 is 1.30 bits per heavy atom. The highest BCUT2D eigenvalue weighted by Gasteiger charge is 2.26. The third kappa shape index (κ3) is 4.20. The van der Waals surface area contributed by atoms with Gasteiger partial charge < -0.3 is 14.8 Å². The van der Waals surface area contributed by atoms with Crippen LogP contribution in [0, 0.1) is 0 Å². The summed E-state index contributed by atoms with van der Waals surface area (Å²) in [5.41, 5.74) is 0.717. The lowest BCUT2D eigenvalue weighted by molar-refractivity contribution is -0.146. The third-order valence-corrected chi connectivity index (χ3v) is 2.78. The maximum absolute atomic E-state index is 12.2. The number of rotatable bonds is 7. The molecule has 0 aliphatic heterocycles. The van der Waals surface area contributed by atoms with Gasteiger partial charge in [0, 0.05) is 7.11 Å². The lowest BCUT2D eigenvalue weighted by Crippen LogP contribution is -2.43. The highest BCUT2D eigenvalue weighted by Crippen LogP contribution is 2.16. The predicted octanol–water partition coefficient (Wildman–Crippen LogP) is 1.61. The van der Waals surface area contributed by atoms with Crippen LogP contribution in [0.1, 0.15) is 18.1 Å². The van der Waals surface area contributed by atoms with E-state index in [9.17, 15) is 9.59 Å². The number of hydrogen-bond donors (Lipinski definition) is 1. The van der Waals surface area contributed by atoms with Gasteiger partial charge >= 0.3 is 5.97 Å². The fourth-order valence-electron chi connectivity index (χ4n) is 1.79. The van der Waals surface area contributed by atoms with Gasteiger partial charge in [-0.2, -0.15) is 0 Å².